The highest BCUT2D eigenvalue weighted by Crippen LogP contribution is 2.34. The Kier molecular flexibility index (Phi) is 5.29. The summed E-state index contributed by atoms with van der Waals surface area (Å²) in [6.07, 6.45) is -4.89. The molecule has 2 atom stereocenters. The molecule has 2 aromatic carbocycles. The summed E-state index contributed by atoms with van der Waals surface area (Å²) < 4.78 is 48.4. The summed E-state index contributed by atoms with van der Waals surface area (Å²) in [6, 6.07) is 12.8. The number of ether oxygens (including phenoxy) is 1. The third-order valence-electron chi connectivity index (χ3n) is 5.68. The number of aliphatic hydroxyl groups is 1. The van der Waals surface area contributed by atoms with Gasteiger partial charge in [-0.05, 0) is 42.8 Å². The van der Waals surface area contributed by atoms with E-state index in [1.54, 1.807) is 0 Å². The van der Waals surface area contributed by atoms with Crippen LogP contribution in [0.5, 0.6) is 5.75 Å². The molecule has 3 heterocycles. The van der Waals surface area contributed by atoms with E-state index in [9.17, 15) is 18.3 Å². The van der Waals surface area contributed by atoms with E-state index in [4.69, 9.17) is 9.51 Å². The highest BCUT2D eigenvalue weighted by atomic mass is 19.4. The average Bonchev–Trinajstić information content (AvgIpc) is 3.46. The summed E-state index contributed by atoms with van der Waals surface area (Å²) >= 11 is 0. The Hall–Kier alpha value is -3.44. The number of imidazole rings is 1. The van der Waals surface area contributed by atoms with Crippen molar-refractivity contribution < 1.29 is 27.5 Å². The van der Waals surface area contributed by atoms with Crippen LogP contribution in [0.3, 0.4) is 0 Å². The molecule has 0 unspecified atom stereocenters. The average molecular weight is 459 g/mol. The molecule has 0 spiro atoms. The molecule has 1 fully saturated rings. The molecule has 8 nitrogen and oxygen atoms in total. The van der Waals surface area contributed by atoms with Crippen molar-refractivity contribution in [3.05, 3.63) is 60.2 Å². The topological polar surface area (TPSA) is 89.4 Å². The van der Waals surface area contributed by atoms with Gasteiger partial charge in [0.05, 0.1) is 29.7 Å². The zero-order chi connectivity index (χ0) is 23.2. The predicted molar refractivity (Wildman–Crippen MR) is 111 cm³/mol. The van der Waals surface area contributed by atoms with Crippen LogP contribution >= 0.6 is 0 Å². The van der Waals surface area contributed by atoms with Gasteiger partial charge < -0.3 is 18.9 Å². The summed E-state index contributed by atoms with van der Waals surface area (Å²) in [6.45, 7) is 0.906. The van der Waals surface area contributed by atoms with Crippen molar-refractivity contribution in [1.82, 2.24) is 24.6 Å². The SMILES string of the molecule is Cn1c(CN2C[C@H](O)C[C@H]2c2nc(-c3ccc(OC(F)(F)F)cc3)no2)nc2ccccc21. The minimum atomic E-state index is -4.76. The summed E-state index contributed by atoms with van der Waals surface area (Å²) in [4.78, 5) is 11.2. The predicted octanol–water partition coefficient (Wildman–Crippen LogP) is 3.83. The number of fused-ring (bicyclic) bond motifs is 1. The summed E-state index contributed by atoms with van der Waals surface area (Å²) in [7, 11) is 1.95. The van der Waals surface area contributed by atoms with E-state index in [2.05, 4.69) is 14.9 Å². The first-order valence-electron chi connectivity index (χ1n) is 10.3. The zero-order valence-electron chi connectivity index (χ0n) is 17.5. The highest BCUT2D eigenvalue weighted by molar-refractivity contribution is 5.75. The van der Waals surface area contributed by atoms with Crippen LogP contribution in [-0.2, 0) is 13.6 Å². The van der Waals surface area contributed by atoms with Crippen molar-refractivity contribution in [2.75, 3.05) is 6.54 Å². The number of alkyl halides is 3. The molecule has 1 saturated heterocycles. The van der Waals surface area contributed by atoms with E-state index < -0.39 is 12.5 Å². The van der Waals surface area contributed by atoms with Gasteiger partial charge in [-0.1, -0.05) is 17.3 Å². The second-order valence-electron chi connectivity index (χ2n) is 7.94. The van der Waals surface area contributed by atoms with Crippen molar-refractivity contribution in [2.45, 2.75) is 31.5 Å². The number of β-amino-alcohol motifs (C(OH)–C–C–N with tert-alkyl or cyclic N) is 1. The van der Waals surface area contributed by atoms with E-state index in [1.165, 1.54) is 24.3 Å². The van der Waals surface area contributed by atoms with Crippen molar-refractivity contribution in [3.63, 3.8) is 0 Å². The number of para-hydroxylation sites is 2. The summed E-state index contributed by atoms with van der Waals surface area (Å²) in [5.41, 5.74) is 2.39. The lowest BCUT2D eigenvalue weighted by atomic mass is 10.2. The number of nitrogens with zero attached hydrogens (tertiary/aromatic N) is 5. The number of aryl methyl sites for hydroxylation is 1. The monoisotopic (exact) mass is 459 g/mol. The van der Waals surface area contributed by atoms with Gasteiger partial charge in [0, 0.05) is 19.2 Å². The lowest BCUT2D eigenvalue weighted by Gasteiger charge is -2.20. The molecule has 2 aromatic heterocycles. The van der Waals surface area contributed by atoms with E-state index >= 15 is 0 Å². The van der Waals surface area contributed by atoms with E-state index in [0.717, 1.165) is 16.9 Å². The number of hydrogen-bond donors (Lipinski definition) is 1. The first-order chi connectivity index (χ1) is 15.8. The fourth-order valence-corrected chi connectivity index (χ4v) is 4.12. The smallest absolute Gasteiger partial charge is 0.406 e. The molecule has 0 radical (unpaired) electrons. The zero-order valence-corrected chi connectivity index (χ0v) is 17.5. The highest BCUT2D eigenvalue weighted by Gasteiger charge is 2.37. The Morgan fingerprint density at radius 2 is 1.88 bits per heavy atom. The van der Waals surface area contributed by atoms with Crippen molar-refractivity contribution in [1.29, 1.82) is 0 Å². The summed E-state index contributed by atoms with van der Waals surface area (Å²) in [5.74, 6) is 1.08. The van der Waals surface area contributed by atoms with Crippen LogP contribution in [-0.4, -0.2) is 48.7 Å². The Bertz CT molecular complexity index is 1270. The van der Waals surface area contributed by atoms with Crippen LogP contribution < -0.4 is 4.74 Å². The standard InChI is InChI=1S/C22H20F3N5O3/c1-29-17-5-3-2-4-16(17)26-19(29)12-30-11-14(31)10-18(30)21-27-20(28-33-21)13-6-8-15(9-7-13)32-22(23,24)25/h2-9,14,18,31H,10-12H2,1H3/t14-,18+/m1/s1. The third-order valence-corrected chi connectivity index (χ3v) is 5.68. The quantitative estimate of drug-likeness (QED) is 0.485. The van der Waals surface area contributed by atoms with Crippen LogP contribution in [0.15, 0.2) is 53.1 Å². The molecule has 172 valence electrons. The van der Waals surface area contributed by atoms with Crippen LogP contribution in [0.25, 0.3) is 22.4 Å². The minimum absolute atomic E-state index is 0.243. The normalized spacial score (nSPS) is 19.4. The van der Waals surface area contributed by atoms with Crippen molar-refractivity contribution in [3.8, 4) is 17.1 Å². The lowest BCUT2D eigenvalue weighted by Crippen LogP contribution is -2.26. The maximum absolute atomic E-state index is 12.4. The fraction of sp³-hybridized carbons (Fsp3) is 0.318. The van der Waals surface area contributed by atoms with Gasteiger partial charge in [-0.2, -0.15) is 4.98 Å². The van der Waals surface area contributed by atoms with E-state index in [0.29, 0.717) is 31.0 Å². The molecule has 0 amide bonds. The molecular weight excluding hydrogens is 439 g/mol. The molecule has 0 aliphatic carbocycles. The van der Waals surface area contributed by atoms with Crippen LogP contribution in [0, 0.1) is 0 Å². The minimum Gasteiger partial charge on any atom is -0.406 e. The maximum Gasteiger partial charge on any atom is 0.573 e. The molecule has 1 N–H and O–H groups in total. The van der Waals surface area contributed by atoms with Crippen LogP contribution in [0.4, 0.5) is 13.2 Å². The van der Waals surface area contributed by atoms with Crippen molar-refractivity contribution >= 4 is 11.0 Å². The fourth-order valence-electron chi connectivity index (χ4n) is 4.12. The van der Waals surface area contributed by atoms with Gasteiger partial charge in [-0.3, -0.25) is 4.90 Å². The number of rotatable bonds is 5. The van der Waals surface area contributed by atoms with E-state index in [1.807, 2.05) is 40.8 Å². The molecule has 5 rings (SSSR count). The largest absolute Gasteiger partial charge is 0.573 e. The number of halogens is 3. The summed E-state index contributed by atoms with van der Waals surface area (Å²) in [5, 5.41) is 14.3. The molecule has 0 saturated carbocycles. The van der Waals surface area contributed by atoms with Gasteiger partial charge >= 0.3 is 6.36 Å². The molecule has 4 aromatic rings. The van der Waals surface area contributed by atoms with Crippen LogP contribution in [0.1, 0.15) is 24.2 Å². The molecular formula is C22H20F3N5O3. The maximum atomic E-state index is 12.4. The molecule has 11 heteroatoms. The second-order valence-corrected chi connectivity index (χ2v) is 7.94. The van der Waals surface area contributed by atoms with Gasteiger partial charge in [0.25, 0.3) is 0 Å². The Morgan fingerprint density at radius 3 is 2.61 bits per heavy atom. The number of benzene rings is 2. The lowest BCUT2D eigenvalue weighted by molar-refractivity contribution is -0.274. The first-order valence-corrected chi connectivity index (χ1v) is 10.3. The second kappa shape index (κ2) is 8.16. The molecule has 1 aliphatic rings. The van der Waals surface area contributed by atoms with Gasteiger partial charge in [0.15, 0.2) is 0 Å². The van der Waals surface area contributed by atoms with Gasteiger partial charge in [-0.15, -0.1) is 13.2 Å². The van der Waals surface area contributed by atoms with Gasteiger partial charge in [0.1, 0.15) is 11.6 Å². The number of aromatic nitrogens is 4. The van der Waals surface area contributed by atoms with Gasteiger partial charge in [-0.25, -0.2) is 4.98 Å². The first kappa shape index (κ1) is 21.4. The number of hydrogen-bond acceptors (Lipinski definition) is 7. The third kappa shape index (κ3) is 4.41. The number of aliphatic hydroxyl groups excluding tert-OH is 1. The Labute approximate surface area is 186 Å². The Balaban J connectivity index is 1.35. The number of likely N-dealkylation sites (tertiary alicyclic amines) is 1. The van der Waals surface area contributed by atoms with E-state index in [-0.39, 0.29) is 17.6 Å². The molecule has 1 aliphatic heterocycles. The van der Waals surface area contributed by atoms with Crippen LogP contribution in [0.2, 0.25) is 0 Å². The Morgan fingerprint density at radius 1 is 1.12 bits per heavy atom. The van der Waals surface area contributed by atoms with Gasteiger partial charge in [0.2, 0.25) is 11.7 Å². The van der Waals surface area contributed by atoms with Crippen molar-refractivity contribution in [2.24, 2.45) is 7.05 Å². The molecule has 33 heavy (non-hydrogen) atoms. The molecule has 0 bridgehead atoms.